The minimum Gasteiger partial charge on any atom is -0.481 e. The highest BCUT2D eigenvalue weighted by Crippen LogP contribution is 2.41. The quantitative estimate of drug-likeness (QED) is 0.816. The molecule has 0 unspecified atom stereocenters. The summed E-state index contributed by atoms with van der Waals surface area (Å²) in [6.45, 7) is 4.64. The summed E-state index contributed by atoms with van der Waals surface area (Å²) in [4.78, 5) is 19.7. The lowest BCUT2D eigenvalue weighted by molar-refractivity contribution is -0.153. The fourth-order valence-electron chi connectivity index (χ4n) is 2.16. The first-order valence-electron chi connectivity index (χ1n) is 6.51. The van der Waals surface area contributed by atoms with Crippen molar-refractivity contribution in [2.45, 2.75) is 33.1 Å². The van der Waals surface area contributed by atoms with Crippen LogP contribution in [0.4, 0.5) is 5.95 Å². The fourth-order valence-corrected chi connectivity index (χ4v) is 2.16. The van der Waals surface area contributed by atoms with Crippen molar-refractivity contribution < 1.29 is 14.6 Å². The van der Waals surface area contributed by atoms with E-state index in [9.17, 15) is 9.90 Å². The normalized spacial score (nSPS) is 16.5. The van der Waals surface area contributed by atoms with E-state index in [1.165, 1.54) is 0 Å². The van der Waals surface area contributed by atoms with E-state index >= 15 is 0 Å². The van der Waals surface area contributed by atoms with Crippen molar-refractivity contribution in [3.8, 4) is 5.88 Å². The topological polar surface area (TPSA) is 84.3 Å². The maximum atomic E-state index is 11.3. The molecule has 1 saturated carbocycles. The Balaban J connectivity index is 2.04. The summed E-state index contributed by atoms with van der Waals surface area (Å²) in [5, 5.41) is 12.3. The van der Waals surface area contributed by atoms with E-state index < -0.39 is 11.4 Å². The van der Waals surface area contributed by atoms with E-state index in [-0.39, 0.29) is 0 Å². The first kappa shape index (κ1) is 13.6. The van der Waals surface area contributed by atoms with Crippen LogP contribution in [-0.2, 0) is 4.79 Å². The Labute approximate surface area is 112 Å². The number of aromatic nitrogens is 2. The molecule has 0 radical (unpaired) electrons. The van der Waals surface area contributed by atoms with Crippen molar-refractivity contribution in [2.75, 3.05) is 18.5 Å². The third kappa shape index (κ3) is 2.94. The lowest BCUT2D eigenvalue weighted by atomic mass is 9.69. The van der Waals surface area contributed by atoms with Crippen LogP contribution < -0.4 is 10.1 Å². The molecule has 2 rings (SSSR count). The van der Waals surface area contributed by atoms with E-state index in [4.69, 9.17) is 4.74 Å². The standard InChI is InChI=1S/C13H19N3O3/c1-3-19-10-7-9(2)15-12(16-10)14-8-13(11(17)18)5-4-6-13/h7H,3-6,8H2,1-2H3,(H,17,18)(H,14,15,16). The van der Waals surface area contributed by atoms with Gasteiger partial charge in [0.25, 0.3) is 0 Å². The Hall–Kier alpha value is -1.85. The molecule has 1 aliphatic rings. The Morgan fingerprint density at radius 1 is 1.53 bits per heavy atom. The van der Waals surface area contributed by atoms with Crippen LogP contribution in [0.15, 0.2) is 6.07 Å². The van der Waals surface area contributed by atoms with Crippen LogP contribution in [0.2, 0.25) is 0 Å². The van der Waals surface area contributed by atoms with Gasteiger partial charge in [0, 0.05) is 18.3 Å². The second-order valence-electron chi connectivity index (χ2n) is 4.90. The van der Waals surface area contributed by atoms with Crippen LogP contribution in [0.3, 0.4) is 0 Å². The predicted molar refractivity (Wildman–Crippen MR) is 70.3 cm³/mol. The smallest absolute Gasteiger partial charge is 0.311 e. The van der Waals surface area contributed by atoms with Gasteiger partial charge in [0.05, 0.1) is 12.0 Å². The van der Waals surface area contributed by atoms with Crippen molar-refractivity contribution in [3.05, 3.63) is 11.8 Å². The second-order valence-corrected chi connectivity index (χ2v) is 4.90. The van der Waals surface area contributed by atoms with Crippen LogP contribution in [0, 0.1) is 12.3 Å². The van der Waals surface area contributed by atoms with Gasteiger partial charge in [-0.05, 0) is 26.7 Å². The molecule has 0 aromatic carbocycles. The van der Waals surface area contributed by atoms with Gasteiger partial charge < -0.3 is 15.2 Å². The van der Waals surface area contributed by atoms with Crippen LogP contribution in [-0.4, -0.2) is 34.2 Å². The molecule has 0 bridgehead atoms. The SMILES string of the molecule is CCOc1cc(C)nc(NCC2(C(=O)O)CCC2)n1. The molecule has 0 atom stereocenters. The zero-order valence-corrected chi connectivity index (χ0v) is 11.3. The summed E-state index contributed by atoms with van der Waals surface area (Å²) < 4.78 is 5.34. The summed E-state index contributed by atoms with van der Waals surface area (Å²) in [5.74, 6) is 0.190. The number of aliphatic carboxylic acids is 1. The highest BCUT2D eigenvalue weighted by molar-refractivity contribution is 5.76. The molecule has 1 fully saturated rings. The number of nitrogens with one attached hydrogen (secondary N) is 1. The summed E-state index contributed by atoms with van der Waals surface area (Å²) >= 11 is 0. The average molecular weight is 265 g/mol. The van der Waals surface area contributed by atoms with E-state index in [0.29, 0.717) is 37.8 Å². The third-order valence-electron chi connectivity index (χ3n) is 3.47. The Kier molecular flexibility index (Phi) is 3.87. The van der Waals surface area contributed by atoms with Crippen molar-refractivity contribution in [2.24, 2.45) is 5.41 Å². The number of aryl methyl sites for hydroxylation is 1. The Morgan fingerprint density at radius 2 is 2.26 bits per heavy atom. The summed E-state index contributed by atoms with van der Waals surface area (Å²) in [6.07, 6.45) is 2.38. The average Bonchev–Trinajstić information content (AvgIpc) is 2.26. The minimum atomic E-state index is -0.746. The van der Waals surface area contributed by atoms with Gasteiger partial charge >= 0.3 is 5.97 Å². The van der Waals surface area contributed by atoms with Gasteiger partial charge in [-0.1, -0.05) is 6.42 Å². The number of ether oxygens (including phenoxy) is 1. The number of nitrogens with zero attached hydrogens (tertiary/aromatic N) is 2. The van der Waals surface area contributed by atoms with Crippen LogP contribution >= 0.6 is 0 Å². The van der Waals surface area contributed by atoms with Gasteiger partial charge in [-0.25, -0.2) is 4.98 Å². The highest BCUT2D eigenvalue weighted by atomic mass is 16.5. The van der Waals surface area contributed by atoms with E-state index in [2.05, 4.69) is 15.3 Å². The van der Waals surface area contributed by atoms with E-state index in [1.54, 1.807) is 6.07 Å². The molecule has 0 spiro atoms. The molecular weight excluding hydrogens is 246 g/mol. The van der Waals surface area contributed by atoms with Gasteiger partial charge in [0.1, 0.15) is 0 Å². The van der Waals surface area contributed by atoms with E-state index in [0.717, 1.165) is 12.1 Å². The van der Waals surface area contributed by atoms with Crippen molar-refractivity contribution in [1.82, 2.24) is 9.97 Å². The van der Waals surface area contributed by atoms with Crippen LogP contribution in [0.5, 0.6) is 5.88 Å². The number of rotatable bonds is 6. The molecule has 0 amide bonds. The van der Waals surface area contributed by atoms with Gasteiger partial charge in [-0.3, -0.25) is 4.79 Å². The van der Waals surface area contributed by atoms with Crippen molar-refractivity contribution >= 4 is 11.9 Å². The summed E-state index contributed by atoms with van der Waals surface area (Å²) in [5.41, 5.74) is 0.137. The van der Waals surface area contributed by atoms with Gasteiger partial charge in [0.15, 0.2) is 0 Å². The summed E-state index contributed by atoms with van der Waals surface area (Å²) in [7, 11) is 0. The van der Waals surface area contributed by atoms with E-state index in [1.807, 2.05) is 13.8 Å². The van der Waals surface area contributed by atoms with Crippen LogP contribution in [0.25, 0.3) is 0 Å². The molecule has 6 nitrogen and oxygen atoms in total. The fraction of sp³-hybridized carbons (Fsp3) is 0.615. The number of carboxylic acids is 1. The molecule has 1 aliphatic carbocycles. The lowest BCUT2D eigenvalue weighted by Crippen LogP contribution is -2.43. The molecule has 0 saturated heterocycles. The maximum absolute atomic E-state index is 11.3. The molecule has 104 valence electrons. The molecule has 1 aromatic rings. The zero-order chi connectivity index (χ0) is 13.9. The molecule has 0 aliphatic heterocycles. The first-order chi connectivity index (χ1) is 9.05. The molecular formula is C13H19N3O3. The Morgan fingerprint density at radius 3 is 2.79 bits per heavy atom. The lowest BCUT2D eigenvalue weighted by Gasteiger charge is -2.37. The third-order valence-corrected chi connectivity index (χ3v) is 3.47. The number of hydrogen-bond donors (Lipinski definition) is 2. The number of carbonyl (C=O) groups is 1. The van der Waals surface area contributed by atoms with Gasteiger partial charge in [0.2, 0.25) is 11.8 Å². The van der Waals surface area contributed by atoms with Gasteiger partial charge in [-0.2, -0.15) is 4.98 Å². The zero-order valence-electron chi connectivity index (χ0n) is 11.3. The molecule has 1 aromatic heterocycles. The van der Waals surface area contributed by atoms with Crippen molar-refractivity contribution in [1.29, 1.82) is 0 Å². The predicted octanol–water partition coefficient (Wildman–Crippen LogP) is 1.85. The molecule has 1 heterocycles. The van der Waals surface area contributed by atoms with Crippen molar-refractivity contribution in [3.63, 3.8) is 0 Å². The largest absolute Gasteiger partial charge is 0.481 e. The number of anilines is 1. The van der Waals surface area contributed by atoms with Crippen LogP contribution in [0.1, 0.15) is 31.9 Å². The Bertz CT molecular complexity index is 472. The molecule has 19 heavy (non-hydrogen) atoms. The second kappa shape index (κ2) is 5.42. The summed E-state index contributed by atoms with van der Waals surface area (Å²) in [6, 6.07) is 1.75. The number of hydrogen-bond acceptors (Lipinski definition) is 5. The minimum absolute atomic E-state index is 0.358. The monoisotopic (exact) mass is 265 g/mol. The molecule has 2 N–H and O–H groups in total. The molecule has 6 heteroatoms. The maximum Gasteiger partial charge on any atom is 0.311 e. The highest BCUT2D eigenvalue weighted by Gasteiger charge is 2.44. The first-order valence-corrected chi connectivity index (χ1v) is 6.51. The number of carboxylic acid groups (broad SMARTS) is 1. The van der Waals surface area contributed by atoms with Gasteiger partial charge in [-0.15, -0.1) is 0 Å².